The molecule has 0 atom stereocenters. The van der Waals surface area contributed by atoms with Crippen molar-refractivity contribution in [1.82, 2.24) is 4.98 Å². The van der Waals surface area contributed by atoms with Gasteiger partial charge in [0.15, 0.2) is 10.9 Å². The zero-order valence-corrected chi connectivity index (χ0v) is 18.4. The molecule has 0 bridgehead atoms. The third-order valence-corrected chi connectivity index (χ3v) is 5.95. The molecule has 32 heavy (non-hydrogen) atoms. The number of thiazole rings is 1. The Labute approximate surface area is 194 Å². The van der Waals surface area contributed by atoms with E-state index in [-0.39, 0.29) is 17.1 Å². The van der Waals surface area contributed by atoms with Crippen LogP contribution in [-0.2, 0) is 12.6 Å². The molecule has 2 aromatic heterocycles. The van der Waals surface area contributed by atoms with Gasteiger partial charge < -0.3 is 4.42 Å². The van der Waals surface area contributed by atoms with E-state index < -0.39 is 22.7 Å². The number of halogens is 5. The Balaban J connectivity index is 1.46. The van der Waals surface area contributed by atoms with Crippen LogP contribution in [0.2, 0.25) is 10.0 Å². The minimum Gasteiger partial charge on any atom is -0.451 e. The minimum absolute atomic E-state index is 0.0574. The van der Waals surface area contributed by atoms with E-state index in [9.17, 15) is 18.0 Å². The van der Waals surface area contributed by atoms with Crippen LogP contribution >= 0.6 is 34.5 Å². The van der Waals surface area contributed by atoms with Crippen LogP contribution in [0.1, 0.15) is 26.6 Å². The van der Waals surface area contributed by atoms with Gasteiger partial charge in [0, 0.05) is 28.1 Å². The van der Waals surface area contributed by atoms with Gasteiger partial charge in [0.2, 0.25) is 0 Å². The molecule has 0 spiro atoms. The first-order chi connectivity index (χ1) is 15.2. The Morgan fingerprint density at radius 2 is 1.81 bits per heavy atom. The molecule has 0 saturated heterocycles. The zero-order chi connectivity index (χ0) is 22.9. The second kappa shape index (κ2) is 8.97. The van der Waals surface area contributed by atoms with Crippen molar-refractivity contribution in [3.63, 3.8) is 0 Å². The maximum Gasteiger partial charge on any atom is 0.417 e. The van der Waals surface area contributed by atoms with E-state index in [1.165, 1.54) is 29.5 Å². The highest BCUT2D eigenvalue weighted by Crippen LogP contribution is 2.37. The predicted octanol–water partition coefficient (Wildman–Crippen LogP) is 7.57. The molecule has 0 aliphatic heterocycles. The van der Waals surface area contributed by atoms with Crippen LogP contribution in [0.3, 0.4) is 0 Å². The van der Waals surface area contributed by atoms with E-state index in [1.54, 1.807) is 18.3 Å². The number of alkyl halides is 3. The number of hydrogen-bond donors (Lipinski definition) is 1. The van der Waals surface area contributed by atoms with E-state index in [0.29, 0.717) is 16.6 Å². The van der Waals surface area contributed by atoms with Crippen molar-refractivity contribution in [2.45, 2.75) is 12.6 Å². The third kappa shape index (κ3) is 5.15. The molecule has 0 aliphatic carbocycles. The summed E-state index contributed by atoms with van der Waals surface area (Å²) in [5, 5.41) is 3.25. The summed E-state index contributed by atoms with van der Waals surface area (Å²) in [6.07, 6.45) is -2.31. The summed E-state index contributed by atoms with van der Waals surface area (Å²) < 4.78 is 44.7. The van der Waals surface area contributed by atoms with E-state index in [4.69, 9.17) is 27.6 Å². The van der Waals surface area contributed by atoms with E-state index in [2.05, 4.69) is 10.3 Å². The highest BCUT2D eigenvalue weighted by atomic mass is 35.5. The van der Waals surface area contributed by atoms with Crippen molar-refractivity contribution in [1.29, 1.82) is 0 Å². The average Bonchev–Trinajstić information content (AvgIpc) is 3.39. The van der Waals surface area contributed by atoms with Gasteiger partial charge in [-0.15, -0.1) is 11.3 Å². The van der Waals surface area contributed by atoms with Gasteiger partial charge in [0.25, 0.3) is 5.91 Å². The van der Waals surface area contributed by atoms with Crippen molar-refractivity contribution < 1.29 is 22.4 Å². The van der Waals surface area contributed by atoms with Crippen molar-refractivity contribution in [3.05, 3.63) is 92.6 Å². The fraction of sp³-hybridized carbons (Fsp3) is 0.0909. The fourth-order valence-corrected chi connectivity index (χ4v) is 4.11. The molecule has 0 unspecified atom stereocenters. The Morgan fingerprint density at radius 1 is 1.06 bits per heavy atom. The lowest BCUT2D eigenvalue weighted by Crippen LogP contribution is -2.10. The second-order valence-electron chi connectivity index (χ2n) is 6.75. The monoisotopic (exact) mass is 496 g/mol. The summed E-state index contributed by atoms with van der Waals surface area (Å²) in [6, 6.07) is 13.6. The standard InChI is InChI=1S/C22H13Cl2F3N2O2S/c23-14-4-1-12(2-5-14)9-15-11-28-21(32-15)29-20(30)19-8-7-18(31-19)13-3-6-17(24)16(10-13)22(25,26)27/h1-8,10-11H,9H2,(H,28,29,30). The van der Waals surface area contributed by atoms with Crippen LogP contribution in [0, 0.1) is 0 Å². The molecule has 1 amide bonds. The molecular formula is C22H13Cl2F3N2O2S. The lowest BCUT2D eigenvalue weighted by atomic mass is 10.1. The topological polar surface area (TPSA) is 55.1 Å². The maximum absolute atomic E-state index is 13.1. The molecular weight excluding hydrogens is 484 g/mol. The molecule has 0 radical (unpaired) electrons. The number of nitrogens with zero attached hydrogens (tertiary/aromatic N) is 1. The lowest BCUT2D eigenvalue weighted by Gasteiger charge is -2.09. The number of benzene rings is 2. The quantitative estimate of drug-likeness (QED) is 0.309. The summed E-state index contributed by atoms with van der Waals surface area (Å²) in [5.41, 5.74) is 0.225. The highest BCUT2D eigenvalue weighted by Gasteiger charge is 2.33. The van der Waals surface area contributed by atoms with Crippen molar-refractivity contribution in [3.8, 4) is 11.3 Å². The van der Waals surface area contributed by atoms with Gasteiger partial charge in [-0.3, -0.25) is 10.1 Å². The number of carbonyl (C=O) groups excluding carboxylic acids is 1. The Kier molecular flexibility index (Phi) is 6.28. The normalized spacial score (nSPS) is 11.5. The summed E-state index contributed by atoms with van der Waals surface area (Å²) in [6.45, 7) is 0. The van der Waals surface area contributed by atoms with Crippen LogP contribution < -0.4 is 5.32 Å². The molecule has 4 nitrogen and oxygen atoms in total. The van der Waals surface area contributed by atoms with E-state index in [0.717, 1.165) is 22.6 Å². The van der Waals surface area contributed by atoms with E-state index in [1.807, 2.05) is 12.1 Å². The number of rotatable bonds is 5. The molecule has 0 saturated carbocycles. The van der Waals surface area contributed by atoms with Gasteiger partial charge >= 0.3 is 6.18 Å². The van der Waals surface area contributed by atoms with Crippen molar-refractivity contribution >= 4 is 45.6 Å². The smallest absolute Gasteiger partial charge is 0.417 e. The Hall–Kier alpha value is -2.81. The number of furan rings is 1. The molecule has 1 N–H and O–H groups in total. The largest absolute Gasteiger partial charge is 0.451 e. The fourth-order valence-electron chi connectivity index (χ4n) is 2.92. The summed E-state index contributed by atoms with van der Waals surface area (Å²) in [5.74, 6) is -0.508. The summed E-state index contributed by atoms with van der Waals surface area (Å²) in [4.78, 5) is 17.6. The molecule has 4 aromatic rings. The van der Waals surface area contributed by atoms with Gasteiger partial charge in [-0.1, -0.05) is 35.3 Å². The van der Waals surface area contributed by atoms with Crippen molar-refractivity contribution in [2.24, 2.45) is 0 Å². The van der Waals surface area contributed by atoms with E-state index >= 15 is 0 Å². The van der Waals surface area contributed by atoms with Gasteiger partial charge in [-0.05, 0) is 48.0 Å². The molecule has 164 valence electrons. The Morgan fingerprint density at radius 3 is 2.53 bits per heavy atom. The van der Waals surface area contributed by atoms with Crippen LogP contribution in [0.15, 0.2) is 65.2 Å². The number of aromatic nitrogens is 1. The zero-order valence-electron chi connectivity index (χ0n) is 16.0. The predicted molar refractivity (Wildman–Crippen MR) is 118 cm³/mol. The molecule has 0 aliphatic rings. The van der Waals surface area contributed by atoms with Gasteiger partial charge in [0.1, 0.15) is 5.76 Å². The SMILES string of the molecule is O=C(Nc1ncc(Cc2ccc(Cl)cc2)s1)c1ccc(-c2ccc(Cl)c(C(F)(F)F)c2)o1. The van der Waals surface area contributed by atoms with Crippen LogP contribution in [0.25, 0.3) is 11.3 Å². The number of hydrogen-bond acceptors (Lipinski definition) is 4. The first kappa shape index (κ1) is 22.4. The van der Waals surface area contributed by atoms with Gasteiger partial charge in [-0.2, -0.15) is 13.2 Å². The first-order valence-corrected chi connectivity index (χ1v) is 10.7. The second-order valence-corrected chi connectivity index (χ2v) is 8.70. The van der Waals surface area contributed by atoms with Crippen LogP contribution in [-0.4, -0.2) is 10.9 Å². The average molecular weight is 497 g/mol. The molecule has 2 heterocycles. The number of amides is 1. The molecule has 10 heteroatoms. The first-order valence-electron chi connectivity index (χ1n) is 9.16. The van der Waals surface area contributed by atoms with Gasteiger partial charge in [-0.25, -0.2) is 4.98 Å². The molecule has 4 rings (SSSR count). The van der Waals surface area contributed by atoms with Gasteiger partial charge in [0.05, 0.1) is 10.6 Å². The van der Waals surface area contributed by atoms with Crippen LogP contribution in [0.4, 0.5) is 18.3 Å². The number of nitrogens with one attached hydrogen (secondary N) is 1. The highest BCUT2D eigenvalue weighted by molar-refractivity contribution is 7.15. The van der Waals surface area contributed by atoms with Crippen molar-refractivity contribution in [2.75, 3.05) is 5.32 Å². The summed E-state index contributed by atoms with van der Waals surface area (Å²) in [7, 11) is 0. The maximum atomic E-state index is 13.1. The number of carbonyl (C=O) groups is 1. The lowest BCUT2D eigenvalue weighted by molar-refractivity contribution is -0.137. The molecule has 2 aromatic carbocycles. The minimum atomic E-state index is -4.60. The Bertz CT molecular complexity index is 1270. The number of anilines is 1. The molecule has 0 fully saturated rings. The van der Waals surface area contributed by atoms with Crippen LogP contribution in [0.5, 0.6) is 0 Å². The summed E-state index contributed by atoms with van der Waals surface area (Å²) >= 11 is 12.8. The third-order valence-electron chi connectivity index (χ3n) is 4.45.